The Kier molecular flexibility index (Phi) is 12.7. The number of carbonyl (C=O) groups excluding carboxylic acids is 3. The van der Waals surface area contributed by atoms with Gasteiger partial charge in [0.1, 0.15) is 16.8 Å². The molecular formula is C23H47N5O6. The van der Waals surface area contributed by atoms with Crippen molar-refractivity contribution < 1.29 is 28.6 Å². The van der Waals surface area contributed by atoms with E-state index in [0.717, 1.165) is 0 Å². The average Bonchev–Trinajstić information content (AvgIpc) is 2.61. The van der Waals surface area contributed by atoms with Crippen LogP contribution in [0.3, 0.4) is 0 Å². The molecule has 0 atom stereocenters. The van der Waals surface area contributed by atoms with Crippen molar-refractivity contribution in [2.24, 2.45) is 11.5 Å². The molecule has 0 saturated heterocycles. The van der Waals surface area contributed by atoms with E-state index >= 15 is 0 Å². The normalized spacial score (nSPS) is 12.1. The van der Waals surface area contributed by atoms with Gasteiger partial charge in [-0.3, -0.25) is 0 Å². The first-order chi connectivity index (χ1) is 15.4. The lowest BCUT2D eigenvalue weighted by molar-refractivity contribution is 0.00885. The smallest absolute Gasteiger partial charge is 0.410 e. The molecule has 0 heterocycles. The van der Waals surface area contributed by atoms with Gasteiger partial charge in [-0.25, -0.2) is 14.4 Å². The van der Waals surface area contributed by atoms with Crippen LogP contribution < -0.4 is 11.5 Å². The highest BCUT2D eigenvalue weighted by molar-refractivity contribution is 5.70. The van der Waals surface area contributed by atoms with Crippen LogP contribution in [0.2, 0.25) is 0 Å². The Morgan fingerprint density at radius 1 is 0.500 bits per heavy atom. The third-order valence-electron chi connectivity index (χ3n) is 4.03. The molecule has 4 N–H and O–H groups in total. The standard InChI is InChI=1S/C23H47N5O6/c1-21(2,3)32-18(29)26(12-10-24)14-16-28(20(31)34-23(7,8)9)17-15-27(13-11-25)19(30)33-22(4,5)6/h10-17,24-25H2,1-9H3. The van der Waals surface area contributed by atoms with Crippen LogP contribution in [0.5, 0.6) is 0 Å². The van der Waals surface area contributed by atoms with Crippen LogP contribution in [0, 0.1) is 0 Å². The molecule has 34 heavy (non-hydrogen) atoms. The van der Waals surface area contributed by atoms with E-state index in [1.807, 2.05) is 0 Å². The minimum atomic E-state index is -0.709. The summed E-state index contributed by atoms with van der Waals surface area (Å²) in [6, 6.07) is 0. The molecule has 0 aliphatic rings. The lowest BCUT2D eigenvalue weighted by Gasteiger charge is -2.33. The van der Waals surface area contributed by atoms with Crippen LogP contribution in [-0.4, -0.2) is 102 Å². The number of hydrogen-bond donors (Lipinski definition) is 2. The first kappa shape index (κ1) is 31.7. The zero-order chi connectivity index (χ0) is 26.7. The summed E-state index contributed by atoms with van der Waals surface area (Å²) in [5.41, 5.74) is 9.31. The average molecular weight is 490 g/mol. The van der Waals surface area contributed by atoms with E-state index < -0.39 is 35.1 Å². The highest BCUT2D eigenvalue weighted by Crippen LogP contribution is 2.13. The van der Waals surface area contributed by atoms with Gasteiger partial charge in [-0.15, -0.1) is 0 Å². The largest absolute Gasteiger partial charge is 0.444 e. The second-order valence-corrected chi connectivity index (χ2v) is 11.0. The molecule has 200 valence electrons. The molecule has 0 unspecified atom stereocenters. The Morgan fingerprint density at radius 2 is 0.706 bits per heavy atom. The summed E-state index contributed by atoms with van der Waals surface area (Å²) in [5.74, 6) is 0. The van der Waals surface area contributed by atoms with Crippen LogP contribution in [0.15, 0.2) is 0 Å². The number of nitrogens with two attached hydrogens (primary N) is 2. The van der Waals surface area contributed by atoms with Gasteiger partial charge in [0.15, 0.2) is 0 Å². The summed E-state index contributed by atoms with van der Waals surface area (Å²) < 4.78 is 16.4. The van der Waals surface area contributed by atoms with Crippen molar-refractivity contribution in [2.45, 2.75) is 79.1 Å². The van der Waals surface area contributed by atoms with Crippen molar-refractivity contribution in [3.63, 3.8) is 0 Å². The molecule has 0 aliphatic heterocycles. The molecule has 0 aliphatic carbocycles. The monoisotopic (exact) mass is 489 g/mol. The minimum Gasteiger partial charge on any atom is -0.444 e. The third kappa shape index (κ3) is 14.8. The van der Waals surface area contributed by atoms with Gasteiger partial charge in [0.2, 0.25) is 0 Å². The van der Waals surface area contributed by atoms with Crippen LogP contribution in [-0.2, 0) is 14.2 Å². The fraction of sp³-hybridized carbons (Fsp3) is 0.870. The molecule has 0 aromatic heterocycles. The van der Waals surface area contributed by atoms with Gasteiger partial charge < -0.3 is 40.4 Å². The summed E-state index contributed by atoms with van der Waals surface area (Å²) >= 11 is 0. The molecule has 11 nitrogen and oxygen atoms in total. The molecule has 0 aromatic carbocycles. The van der Waals surface area contributed by atoms with E-state index in [4.69, 9.17) is 25.7 Å². The SMILES string of the molecule is CC(C)(C)OC(=O)N(CCN)CCN(CCN(CCN)C(=O)OC(C)(C)C)C(=O)OC(C)(C)C. The number of carbonyl (C=O) groups is 3. The van der Waals surface area contributed by atoms with Gasteiger partial charge in [-0.1, -0.05) is 0 Å². The Morgan fingerprint density at radius 3 is 0.882 bits per heavy atom. The van der Waals surface area contributed by atoms with Gasteiger partial charge in [0.25, 0.3) is 0 Å². The highest BCUT2D eigenvalue weighted by atomic mass is 16.6. The molecule has 0 bridgehead atoms. The molecule has 0 spiro atoms. The molecule has 3 amide bonds. The number of rotatable bonds is 10. The zero-order valence-electron chi connectivity index (χ0n) is 22.6. The molecule has 0 fully saturated rings. The molecule has 0 saturated carbocycles. The van der Waals surface area contributed by atoms with Gasteiger partial charge >= 0.3 is 18.3 Å². The zero-order valence-corrected chi connectivity index (χ0v) is 22.6. The molecule has 0 aromatic rings. The Hall–Kier alpha value is -2.27. The summed E-state index contributed by atoms with van der Waals surface area (Å²) in [6.07, 6.45) is -1.58. The number of hydrogen-bond acceptors (Lipinski definition) is 8. The molecule has 0 radical (unpaired) electrons. The maximum absolute atomic E-state index is 12.9. The van der Waals surface area contributed by atoms with Crippen LogP contribution in [0.25, 0.3) is 0 Å². The fourth-order valence-electron chi connectivity index (χ4n) is 2.66. The van der Waals surface area contributed by atoms with Crippen molar-refractivity contribution in [1.82, 2.24) is 14.7 Å². The van der Waals surface area contributed by atoms with Crippen LogP contribution in [0.4, 0.5) is 14.4 Å². The minimum absolute atomic E-state index is 0.166. The first-order valence-corrected chi connectivity index (χ1v) is 11.7. The van der Waals surface area contributed by atoms with Gasteiger partial charge in [-0.05, 0) is 62.3 Å². The molecule has 0 rings (SSSR count). The van der Waals surface area contributed by atoms with Crippen LogP contribution >= 0.6 is 0 Å². The molecular weight excluding hydrogens is 442 g/mol. The topological polar surface area (TPSA) is 141 Å². The Balaban J connectivity index is 5.47. The maximum Gasteiger partial charge on any atom is 0.410 e. The third-order valence-corrected chi connectivity index (χ3v) is 4.03. The number of amides is 3. The maximum atomic E-state index is 12.9. The van der Waals surface area contributed by atoms with Crippen molar-refractivity contribution in [3.05, 3.63) is 0 Å². The van der Waals surface area contributed by atoms with Crippen molar-refractivity contribution in [1.29, 1.82) is 0 Å². The van der Waals surface area contributed by atoms with Crippen molar-refractivity contribution in [2.75, 3.05) is 52.4 Å². The summed E-state index contributed by atoms with van der Waals surface area (Å²) in [5, 5.41) is 0. The van der Waals surface area contributed by atoms with E-state index in [2.05, 4.69) is 0 Å². The highest BCUT2D eigenvalue weighted by Gasteiger charge is 2.27. The summed E-state index contributed by atoms with van der Waals surface area (Å²) in [6.45, 7) is 17.7. The fourth-order valence-corrected chi connectivity index (χ4v) is 2.66. The van der Waals surface area contributed by atoms with Crippen molar-refractivity contribution in [3.8, 4) is 0 Å². The van der Waals surface area contributed by atoms with E-state index in [1.54, 1.807) is 62.3 Å². The van der Waals surface area contributed by atoms with Crippen molar-refractivity contribution >= 4 is 18.3 Å². The second kappa shape index (κ2) is 13.6. The van der Waals surface area contributed by atoms with E-state index in [1.165, 1.54) is 14.7 Å². The lowest BCUT2D eigenvalue weighted by Crippen LogP contribution is -2.49. The summed E-state index contributed by atoms with van der Waals surface area (Å²) in [7, 11) is 0. The predicted octanol–water partition coefficient (Wildman–Crippen LogP) is 2.62. The van der Waals surface area contributed by atoms with Gasteiger partial charge in [-0.2, -0.15) is 0 Å². The van der Waals surface area contributed by atoms with Gasteiger partial charge in [0.05, 0.1) is 0 Å². The summed E-state index contributed by atoms with van der Waals surface area (Å²) in [4.78, 5) is 42.4. The molecule has 11 heteroatoms. The van der Waals surface area contributed by atoms with E-state index in [9.17, 15) is 14.4 Å². The van der Waals surface area contributed by atoms with Gasteiger partial charge in [0, 0.05) is 52.4 Å². The quantitative estimate of drug-likeness (QED) is 0.446. The second-order valence-electron chi connectivity index (χ2n) is 11.0. The van der Waals surface area contributed by atoms with E-state index in [-0.39, 0.29) is 52.4 Å². The Bertz CT molecular complexity index is 610. The number of ether oxygens (including phenoxy) is 3. The van der Waals surface area contributed by atoms with Crippen LogP contribution in [0.1, 0.15) is 62.3 Å². The first-order valence-electron chi connectivity index (χ1n) is 11.7. The lowest BCUT2D eigenvalue weighted by atomic mass is 10.2. The van der Waals surface area contributed by atoms with E-state index in [0.29, 0.717) is 0 Å². The Labute approximate surface area is 205 Å². The number of nitrogens with zero attached hydrogens (tertiary/aromatic N) is 3. The predicted molar refractivity (Wildman–Crippen MR) is 132 cm³/mol.